The number of benzene rings is 1. The molecule has 3 aromatic rings. The number of rotatable bonds is 3. The average molecular weight is 348 g/mol. The van der Waals surface area contributed by atoms with Gasteiger partial charge in [-0.1, -0.05) is 12.2 Å². The van der Waals surface area contributed by atoms with Crippen LogP contribution in [-0.2, 0) is 6.42 Å². The van der Waals surface area contributed by atoms with Crippen molar-refractivity contribution < 1.29 is 4.74 Å². The summed E-state index contributed by atoms with van der Waals surface area (Å²) < 4.78 is 5.23. The second kappa shape index (κ2) is 7.11. The van der Waals surface area contributed by atoms with Crippen molar-refractivity contribution in [1.82, 2.24) is 4.98 Å². The first-order chi connectivity index (χ1) is 12.3. The lowest BCUT2D eigenvalue weighted by molar-refractivity contribution is 0.415. The normalized spacial score (nSPS) is 15.6. The van der Waals surface area contributed by atoms with Gasteiger partial charge >= 0.3 is 0 Å². The van der Waals surface area contributed by atoms with Gasteiger partial charge in [0.15, 0.2) is 0 Å². The molecule has 25 heavy (non-hydrogen) atoms. The van der Waals surface area contributed by atoms with Gasteiger partial charge < -0.3 is 9.72 Å². The molecule has 126 valence electrons. The highest BCUT2D eigenvalue weighted by Gasteiger charge is 2.15. The largest absolute Gasteiger partial charge is 0.497 e. The molecule has 0 saturated heterocycles. The monoisotopic (exact) mass is 348 g/mol. The van der Waals surface area contributed by atoms with E-state index in [9.17, 15) is 0 Å². The van der Waals surface area contributed by atoms with Crippen LogP contribution in [0.3, 0.4) is 0 Å². The second-order valence-corrected chi connectivity index (χ2v) is 6.84. The number of ether oxygens (including phenoxy) is 1. The maximum Gasteiger partial charge on any atom is 0.119 e. The van der Waals surface area contributed by atoms with Crippen LogP contribution in [0, 0.1) is 0 Å². The third-order valence-electron chi connectivity index (χ3n) is 4.42. The molecular weight excluding hydrogens is 328 g/mol. The molecule has 0 unspecified atom stereocenters. The van der Waals surface area contributed by atoms with Crippen LogP contribution in [0.15, 0.2) is 64.3 Å². The lowest BCUT2D eigenvalue weighted by Gasteiger charge is -2.09. The lowest BCUT2D eigenvalue weighted by Crippen LogP contribution is -2.04. The summed E-state index contributed by atoms with van der Waals surface area (Å²) in [5.74, 6) is 0.853. The molecule has 1 aliphatic carbocycles. The highest BCUT2D eigenvalue weighted by molar-refractivity contribution is 7.08. The molecule has 4 rings (SSSR count). The zero-order chi connectivity index (χ0) is 17.1. The minimum Gasteiger partial charge on any atom is -0.497 e. The number of aromatic nitrogens is 1. The molecular formula is C21H20N2OS. The van der Waals surface area contributed by atoms with Gasteiger partial charge in [-0.2, -0.15) is 11.3 Å². The maximum atomic E-state index is 5.23. The van der Waals surface area contributed by atoms with E-state index in [-0.39, 0.29) is 0 Å². The fraction of sp³-hybridized carbons (Fsp3) is 0.190. The van der Waals surface area contributed by atoms with Gasteiger partial charge in [0.05, 0.1) is 18.5 Å². The molecule has 0 atom stereocenters. The van der Waals surface area contributed by atoms with Crippen molar-refractivity contribution in [3.63, 3.8) is 0 Å². The zero-order valence-corrected chi connectivity index (χ0v) is 15.0. The molecule has 0 bridgehead atoms. The van der Waals surface area contributed by atoms with Crippen LogP contribution in [0.2, 0.25) is 0 Å². The van der Waals surface area contributed by atoms with E-state index in [1.807, 2.05) is 24.3 Å². The molecule has 1 aromatic carbocycles. The van der Waals surface area contributed by atoms with Crippen LogP contribution in [0.25, 0.3) is 11.3 Å². The molecule has 1 aliphatic rings. The molecule has 0 amide bonds. The Balaban J connectivity index is 1.75. The molecule has 4 heteroatoms. The Morgan fingerprint density at radius 3 is 2.76 bits per heavy atom. The Kier molecular flexibility index (Phi) is 4.53. The van der Waals surface area contributed by atoms with E-state index in [1.54, 1.807) is 18.4 Å². The molecule has 1 N–H and O–H groups in total. The number of methoxy groups -OCH3 is 1. The van der Waals surface area contributed by atoms with E-state index < -0.39 is 0 Å². The van der Waals surface area contributed by atoms with E-state index in [0.717, 1.165) is 36.4 Å². The summed E-state index contributed by atoms with van der Waals surface area (Å²) in [4.78, 5) is 8.53. The van der Waals surface area contributed by atoms with E-state index in [0.29, 0.717) is 0 Å². The van der Waals surface area contributed by atoms with Gasteiger partial charge in [0.1, 0.15) is 5.75 Å². The minimum atomic E-state index is 0.853. The Labute approximate surface area is 151 Å². The predicted molar refractivity (Wildman–Crippen MR) is 105 cm³/mol. The average Bonchev–Trinajstić information content (AvgIpc) is 3.28. The molecule has 0 fully saturated rings. The molecule has 0 spiro atoms. The van der Waals surface area contributed by atoms with Crippen molar-refractivity contribution in [3.05, 3.63) is 70.6 Å². The number of hydrogen-bond donors (Lipinski definition) is 1. The molecule has 2 heterocycles. The molecule has 0 radical (unpaired) electrons. The first-order valence-corrected chi connectivity index (χ1v) is 9.39. The minimum absolute atomic E-state index is 0.853. The summed E-state index contributed by atoms with van der Waals surface area (Å²) in [6.45, 7) is 0. The van der Waals surface area contributed by atoms with Gasteiger partial charge in [-0.25, -0.2) is 0 Å². The summed E-state index contributed by atoms with van der Waals surface area (Å²) in [5, 5.41) is 4.29. The highest BCUT2D eigenvalue weighted by atomic mass is 32.1. The summed E-state index contributed by atoms with van der Waals surface area (Å²) in [7, 11) is 1.68. The summed E-state index contributed by atoms with van der Waals surface area (Å²) in [5.41, 5.74) is 6.99. The number of nitrogens with one attached hydrogen (secondary N) is 1. The SMILES string of the molecule is COc1ccc(N=C2CCC=CCc3[nH]c(-c4ccsc4)cc32)cc1. The first kappa shape index (κ1) is 15.9. The molecule has 2 aromatic heterocycles. The van der Waals surface area contributed by atoms with Crippen molar-refractivity contribution in [1.29, 1.82) is 0 Å². The smallest absolute Gasteiger partial charge is 0.119 e. The van der Waals surface area contributed by atoms with E-state index in [2.05, 4.69) is 40.0 Å². The fourth-order valence-electron chi connectivity index (χ4n) is 3.09. The number of hydrogen-bond acceptors (Lipinski definition) is 3. The van der Waals surface area contributed by atoms with Gasteiger partial charge in [0.2, 0.25) is 0 Å². The predicted octanol–water partition coefficient (Wildman–Crippen LogP) is 5.77. The maximum absolute atomic E-state index is 5.23. The lowest BCUT2D eigenvalue weighted by atomic mass is 10.0. The molecule has 3 nitrogen and oxygen atoms in total. The number of thiophene rings is 1. The summed E-state index contributed by atoms with van der Waals surface area (Å²) in [6, 6.07) is 12.3. The summed E-state index contributed by atoms with van der Waals surface area (Å²) >= 11 is 1.72. The van der Waals surface area contributed by atoms with Crippen LogP contribution in [0.4, 0.5) is 5.69 Å². The van der Waals surface area contributed by atoms with Gasteiger partial charge in [-0.15, -0.1) is 0 Å². The van der Waals surface area contributed by atoms with Gasteiger partial charge in [-0.3, -0.25) is 4.99 Å². The van der Waals surface area contributed by atoms with Crippen LogP contribution < -0.4 is 4.74 Å². The highest BCUT2D eigenvalue weighted by Crippen LogP contribution is 2.28. The van der Waals surface area contributed by atoms with Gasteiger partial charge in [0, 0.05) is 34.3 Å². The summed E-state index contributed by atoms with van der Waals surface area (Å²) in [6.07, 6.45) is 7.37. The van der Waals surface area contributed by atoms with Crippen molar-refractivity contribution in [3.8, 4) is 17.0 Å². The van der Waals surface area contributed by atoms with Crippen molar-refractivity contribution >= 4 is 22.7 Å². The van der Waals surface area contributed by atoms with Gasteiger partial charge in [-0.05, 0) is 54.6 Å². The Morgan fingerprint density at radius 2 is 2.00 bits per heavy atom. The Bertz CT molecular complexity index is 902. The number of fused-ring (bicyclic) bond motifs is 1. The second-order valence-electron chi connectivity index (χ2n) is 6.06. The molecule has 0 aliphatic heterocycles. The standard InChI is InChI=1S/C21H20N2OS/c1-24-17-9-7-16(8-10-17)22-19-5-3-2-4-6-20-18(19)13-21(23-20)15-11-12-25-14-15/h2,4,7-14,23H,3,5-6H2,1H3. The number of H-pyrrole nitrogens is 1. The van der Waals surface area contributed by atoms with E-state index in [1.165, 1.54) is 22.5 Å². The van der Waals surface area contributed by atoms with Crippen LogP contribution in [0.1, 0.15) is 24.1 Å². The fourth-order valence-corrected chi connectivity index (χ4v) is 3.75. The third-order valence-corrected chi connectivity index (χ3v) is 5.10. The van der Waals surface area contributed by atoms with Crippen LogP contribution in [0.5, 0.6) is 5.75 Å². The number of aliphatic imine (C=N–C) groups is 1. The quantitative estimate of drug-likeness (QED) is 0.600. The zero-order valence-electron chi connectivity index (χ0n) is 14.2. The van der Waals surface area contributed by atoms with Crippen molar-refractivity contribution in [2.45, 2.75) is 19.3 Å². The van der Waals surface area contributed by atoms with Gasteiger partial charge in [0.25, 0.3) is 0 Å². The third kappa shape index (κ3) is 3.44. The molecule has 0 saturated carbocycles. The number of aromatic amines is 1. The Morgan fingerprint density at radius 1 is 1.12 bits per heavy atom. The number of allylic oxidation sites excluding steroid dienone is 2. The first-order valence-electron chi connectivity index (χ1n) is 8.45. The van der Waals surface area contributed by atoms with Crippen molar-refractivity contribution in [2.75, 3.05) is 7.11 Å². The van der Waals surface area contributed by atoms with E-state index in [4.69, 9.17) is 9.73 Å². The van der Waals surface area contributed by atoms with Crippen LogP contribution in [-0.4, -0.2) is 17.8 Å². The van der Waals surface area contributed by atoms with Crippen LogP contribution >= 0.6 is 11.3 Å². The topological polar surface area (TPSA) is 37.4 Å². The van der Waals surface area contributed by atoms with Crippen molar-refractivity contribution in [2.24, 2.45) is 4.99 Å². The Hall–Kier alpha value is -2.59. The number of nitrogens with zero attached hydrogens (tertiary/aromatic N) is 1. The van der Waals surface area contributed by atoms with E-state index >= 15 is 0 Å².